The summed E-state index contributed by atoms with van der Waals surface area (Å²) in [6, 6.07) is 0. The summed E-state index contributed by atoms with van der Waals surface area (Å²) in [6.45, 7) is 6.91. The Morgan fingerprint density at radius 2 is 1.83 bits per heavy atom. The SMILES string of the molecule is Cc1c(C)c2c(c(C)c1[O])CCC(C)(C(=O)O)O2. The van der Waals surface area contributed by atoms with Crippen LogP contribution in [0.25, 0.3) is 0 Å². The third kappa shape index (κ3) is 1.64. The number of hydrogen-bond donors (Lipinski definition) is 1. The highest BCUT2D eigenvalue weighted by atomic mass is 16.5. The van der Waals surface area contributed by atoms with Crippen molar-refractivity contribution in [2.24, 2.45) is 0 Å². The molecule has 0 amide bonds. The lowest BCUT2D eigenvalue weighted by Gasteiger charge is -2.34. The van der Waals surface area contributed by atoms with E-state index in [1.54, 1.807) is 20.8 Å². The molecular formula is C14H17O4. The van der Waals surface area contributed by atoms with Crippen molar-refractivity contribution in [2.75, 3.05) is 0 Å². The summed E-state index contributed by atoms with van der Waals surface area (Å²) in [5.74, 6) is -0.344. The number of aliphatic carboxylic acids is 1. The first-order chi connectivity index (χ1) is 8.28. The number of ether oxygens (including phenoxy) is 1. The van der Waals surface area contributed by atoms with Crippen molar-refractivity contribution in [3.63, 3.8) is 0 Å². The van der Waals surface area contributed by atoms with E-state index in [2.05, 4.69) is 0 Å². The smallest absolute Gasteiger partial charge is 0.347 e. The molecular weight excluding hydrogens is 232 g/mol. The van der Waals surface area contributed by atoms with Crippen LogP contribution < -0.4 is 4.74 Å². The van der Waals surface area contributed by atoms with Gasteiger partial charge in [0.1, 0.15) is 5.75 Å². The normalized spacial score (nSPS) is 22.2. The molecule has 1 unspecified atom stereocenters. The fourth-order valence-corrected chi connectivity index (χ4v) is 2.39. The summed E-state index contributed by atoms with van der Waals surface area (Å²) in [6.07, 6.45) is 0.957. The van der Waals surface area contributed by atoms with E-state index in [0.29, 0.717) is 29.7 Å². The summed E-state index contributed by atoms with van der Waals surface area (Å²) in [5.41, 5.74) is 1.75. The van der Waals surface area contributed by atoms with Crippen molar-refractivity contribution in [1.82, 2.24) is 0 Å². The van der Waals surface area contributed by atoms with Gasteiger partial charge in [-0.1, -0.05) is 0 Å². The van der Waals surface area contributed by atoms with Crippen molar-refractivity contribution in [3.8, 4) is 11.5 Å². The Balaban J connectivity index is 2.61. The lowest BCUT2D eigenvalue weighted by Crippen LogP contribution is -2.44. The molecule has 0 spiro atoms. The molecule has 1 aromatic rings. The third-order valence-electron chi connectivity index (χ3n) is 3.94. The fraction of sp³-hybridized carbons (Fsp3) is 0.500. The zero-order valence-corrected chi connectivity index (χ0v) is 11.1. The quantitative estimate of drug-likeness (QED) is 0.832. The maximum atomic E-state index is 12.0. The van der Waals surface area contributed by atoms with Crippen LogP contribution in [0.15, 0.2) is 0 Å². The molecule has 0 fully saturated rings. The van der Waals surface area contributed by atoms with Gasteiger partial charge < -0.3 is 9.84 Å². The Kier molecular flexibility index (Phi) is 2.76. The predicted molar refractivity (Wildman–Crippen MR) is 65.8 cm³/mol. The molecule has 0 saturated heterocycles. The van der Waals surface area contributed by atoms with Crippen LogP contribution in [0.1, 0.15) is 35.6 Å². The Hall–Kier alpha value is -1.71. The number of hydrogen-bond acceptors (Lipinski definition) is 2. The van der Waals surface area contributed by atoms with Crippen molar-refractivity contribution in [1.29, 1.82) is 0 Å². The van der Waals surface area contributed by atoms with E-state index in [1.807, 2.05) is 6.92 Å². The van der Waals surface area contributed by atoms with Gasteiger partial charge in [-0.25, -0.2) is 4.79 Å². The molecule has 1 aromatic carbocycles. The van der Waals surface area contributed by atoms with Crippen LogP contribution in [0.3, 0.4) is 0 Å². The number of benzene rings is 1. The minimum atomic E-state index is -1.19. The molecule has 4 heteroatoms. The Bertz CT molecular complexity index is 533. The molecule has 0 aromatic heterocycles. The highest BCUT2D eigenvalue weighted by molar-refractivity contribution is 5.78. The van der Waals surface area contributed by atoms with Crippen LogP contribution >= 0.6 is 0 Å². The molecule has 1 atom stereocenters. The maximum Gasteiger partial charge on any atom is 0.347 e. The van der Waals surface area contributed by atoms with Crippen molar-refractivity contribution < 1.29 is 19.7 Å². The molecule has 0 saturated carbocycles. The Labute approximate surface area is 106 Å². The van der Waals surface area contributed by atoms with Gasteiger partial charge in [-0.05, 0) is 39.7 Å². The second kappa shape index (κ2) is 3.90. The molecule has 1 radical (unpaired) electrons. The number of fused-ring (bicyclic) bond motifs is 1. The highest BCUT2D eigenvalue weighted by Gasteiger charge is 2.40. The van der Waals surface area contributed by atoms with Gasteiger partial charge in [-0.2, -0.15) is 0 Å². The molecule has 0 aliphatic carbocycles. The number of rotatable bonds is 1. The first kappa shape index (κ1) is 12.7. The zero-order valence-electron chi connectivity index (χ0n) is 11.1. The second-order valence-corrected chi connectivity index (χ2v) is 5.15. The lowest BCUT2D eigenvalue weighted by atomic mass is 9.87. The topological polar surface area (TPSA) is 66.4 Å². The zero-order chi connectivity index (χ0) is 13.7. The van der Waals surface area contributed by atoms with E-state index in [1.165, 1.54) is 0 Å². The maximum absolute atomic E-state index is 12.0. The Morgan fingerprint density at radius 1 is 1.22 bits per heavy atom. The largest absolute Gasteiger partial charge is 0.478 e. The van der Waals surface area contributed by atoms with Crippen LogP contribution in [-0.4, -0.2) is 16.7 Å². The predicted octanol–water partition coefficient (Wildman–Crippen LogP) is 2.92. The number of carboxylic acid groups (broad SMARTS) is 1. The molecule has 97 valence electrons. The van der Waals surface area contributed by atoms with Crippen molar-refractivity contribution in [3.05, 3.63) is 22.3 Å². The van der Waals surface area contributed by atoms with Crippen LogP contribution in [0, 0.1) is 20.8 Å². The number of carboxylic acids is 1. The molecule has 1 aliphatic rings. The third-order valence-corrected chi connectivity index (χ3v) is 3.94. The number of carbonyl (C=O) groups is 1. The summed E-state index contributed by atoms with van der Waals surface area (Å²) < 4.78 is 5.69. The monoisotopic (exact) mass is 249 g/mol. The fourth-order valence-electron chi connectivity index (χ4n) is 2.39. The van der Waals surface area contributed by atoms with Crippen LogP contribution in [0.2, 0.25) is 0 Å². The van der Waals surface area contributed by atoms with Gasteiger partial charge in [0.05, 0.1) is 0 Å². The molecule has 1 aliphatic heterocycles. The molecule has 0 bridgehead atoms. The second-order valence-electron chi connectivity index (χ2n) is 5.15. The van der Waals surface area contributed by atoms with Crippen LogP contribution in [0.5, 0.6) is 11.5 Å². The minimum Gasteiger partial charge on any atom is -0.478 e. The van der Waals surface area contributed by atoms with Crippen LogP contribution in [0.4, 0.5) is 0 Å². The molecule has 1 N–H and O–H groups in total. The van der Waals surface area contributed by atoms with Gasteiger partial charge in [0.25, 0.3) is 0 Å². The lowest BCUT2D eigenvalue weighted by molar-refractivity contribution is -0.155. The first-order valence-electron chi connectivity index (χ1n) is 6.00. The molecule has 18 heavy (non-hydrogen) atoms. The standard InChI is InChI=1S/C14H17O4/c1-7-8(2)12-10(9(3)11(7)15)5-6-14(4,18-12)13(16)17/h5-6H2,1-4H3,(H,16,17). The average molecular weight is 249 g/mol. The summed E-state index contributed by atoms with van der Waals surface area (Å²) in [7, 11) is 0. The first-order valence-corrected chi connectivity index (χ1v) is 6.00. The minimum absolute atomic E-state index is 0.0359. The van der Waals surface area contributed by atoms with E-state index in [0.717, 1.165) is 11.1 Å². The average Bonchev–Trinajstić information content (AvgIpc) is 2.33. The summed E-state index contributed by atoms with van der Waals surface area (Å²) >= 11 is 0. The van der Waals surface area contributed by atoms with Gasteiger partial charge in [0.2, 0.25) is 5.60 Å². The highest BCUT2D eigenvalue weighted by Crippen LogP contribution is 2.43. The van der Waals surface area contributed by atoms with Gasteiger partial charge in [0.15, 0.2) is 5.75 Å². The van der Waals surface area contributed by atoms with Crippen LogP contribution in [-0.2, 0) is 16.3 Å². The Morgan fingerprint density at radius 3 is 2.39 bits per heavy atom. The van der Waals surface area contributed by atoms with Gasteiger partial charge in [0, 0.05) is 23.1 Å². The van der Waals surface area contributed by atoms with Crippen molar-refractivity contribution in [2.45, 2.75) is 46.1 Å². The molecule has 4 nitrogen and oxygen atoms in total. The summed E-state index contributed by atoms with van der Waals surface area (Å²) in [5, 5.41) is 21.2. The van der Waals surface area contributed by atoms with E-state index in [4.69, 9.17) is 4.74 Å². The van der Waals surface area contributed by atoms with Gasteiger partial charge >= 0.3 is 5.97 Å². The summed E-state index contributed by atoms with van der Waals surface area (Å²) in [4.78, 5) is 11.2. The van der Waals surface area contributed by atoms with Gasteiger partial charge in [-0.3, -0.25) is 5.11 Å². The van der Waals surface area contributed by atoms with E-state index in [9.17, 15) is 15.0 Å². The van der Waals surface area contributed by atoms with E-state index >= 15 is 0 Å². The molecule has 1 heterocycles. The van der Waals surface area contributed by atoms with E-state index < -0.39 is 11.6 Å². The van der Waals surface area contributed by atoms with Crippen molar-refractivity contribution >= 4 is 5.97 Å². The molecule has 2 rings (SSSR count). The van der Waals surface area contributed by atoms with E-state index in [-0.39, 0.29) is 5.75 Å². The van der Waals surface area contributed by atoms with Gasteiger partial charge in [-0.15, -0.1) is 0 Å².